The Morgan fingerprint density at radius 2 is 1.40 bits per heavy atom. The first-order valence-corrected chi connectivity index (χ1v) is 34.9. The number of carbonyl (C=O) groups is 7. The number of aromatic nitrogens is 6. The van der Waals surface area contributed by atoms with Crippen LogP contribution in [0.15, 0.2) is 103 Å². The first-order chi connectivity index (χ1) is 49.5. The highest BCUT2D eigenvalue weighted by molar-refractivity contribution is 6.01. The Morgan fingerprint density at radius 3 is 2.13 bits per heavy atom. The monoisotopic (exact) mass is 1400 g/mol. The molecule has 11 N–H and O–H groups in total. The number of nitrogen functional groups attached to an aromatic ring is 1. The summed E-state index contributed by atoms with van der Waals surface area (Å²) in [4.78, 5) is 104. The lowest BCUT2D eigenvalue weighted by molar-refractivity contribution is -0.131. The van der Waals surface area contributed by atoms with Gasteiger partial charge in [-0.2, -0.15) is 20.4 Å². The van der Waals surface area contributed by atoms with Crippen molar-refractivity contribution in [3.63, 3.8) is 0 Å². The predicted molar refractivity (Wildman–Crippen MR) is 385 cm³/mol. The first kappa shape index (κ1) is 76.1. The Morgan fingerprint density at radius 1 is 0.706 bits per heavy atom. The van der Waals surface area contributed by atoms with E-state index in [1.54, 1.807) is 36.3 Å². The largest absolute Gasteiger partial charge is 0.496 e. The van der Waals surface area contributed by atoms with Crippen molar-refractivity contribution in [1.29, 1.82) is 0 Å². The topological polar surface area (TPSA) is 378 Å². The molecule has 0 aliphatic carbocycles. The first-order valence-electron chi connectivity index (χ1n) is 34.9. The third-order valence-electron chi connectivity index (χ3n) is 17.5. The lowest BCUT2D eigenvalue weighted by atomic mass is 9.89. The van der Waals surface area contributed by atoms with Gasteiger partial charge in [0.25, 0.3) is 0 Å². The molecule has 102 heavy (non-hydrogen) atoms. The standard InChI is InChI=1S/C73H96N16O13/c1-5-6-11-28-77-69-68-58(81-71(74)83-69)26-31-88(68)43-53-21-18-50(40-61(53)97-4)42-87-45-55(46-87)80-73(96)102-47-49-19-22-54(23-20-49)79-70(94)51(14-12-29-78-72(75)95)41-60(90)65(48(2)3)82-63(92)27-32-98-34-36-100-38-39-101-37-35-99-33-30-76-62(91)24-25-64(93)89-44-52-13-7-8-15-56(52)66-67(85-86-84-66)57-16-9-10-17-59(57)89/h7-10,13,15-23,26,31,40,48,51,55,65H,5-6,11-12,14,24-25,27-30,32-39,41-47H2,1-4H3,(H,76,91)(H,79,94)(H,80,96)(H,82,92)(H3,75,78,95)(H,84,85,86)(H3,74,77,81,83)/t51-,65+/m1/s1. The van der Waals surface area contributed by atoms with E-state index in [0.29, 0.717) is 94.0 Å². The van der Waals surface area contributed by atoms with E-state index >= 15 is 0 Å². The van der Waals surface area contributed by atoms with Crippen molar-refractivity contribution in [1.82, 2.24) is 56.1 Å². The van der Waals surface area contributed by atoms with Gasteiger partial charge in [0, 0.05) is 99.4 Å². The van der Waals surface area contributed by atoms with E-state index in [1.807, 2.05) is 80.7 Å². The summed E-state index contributed by atoms with van der Waals surface area (Å²) in [5.74, 6) is -0.984. The summed E-state index contributed by atoms with van der Waals surface area (Å²) in [6, 6.07) is 28.6. The minimum absolute atomic E-state index is 0.00723. The summed E-state index contributed by atoms with van der Waals surface area (Å²) in [5, 5.41) is 29.0. The van der Waals surface area contributed by atoms with Crippen molar-refractivity contribution in [3.8, 4) is 28.3 Å². The number of benzene rings is 4. The number of amides is 7. The number of primary amides is 1. The second-order valence-corrected chi connectivity index (χ2v) is 25.5. The number of nitrogens with zero attached hydrogens (tertiary/aromatic N) is 7. The van der Waals surface area contributed by atoms with E-state index in [2.05, 4.69) is 85.8 Å². The number of nitrogens with two attached hydrogens (primary N) is 2. The zero-order chi connectivity index (χ0) is 72.2. The molecule has 3 aromatic heterocycles. The van der Waals surface area contributed by atoms with Crippen LogP contribution in [0.1, 0.15) is 101 Å². The van der Waals surface area contributed by atoms with Gasteiger partial charge >= 0.3 is 12.1 Å². The van der Waals surface area contributed by atoms with Gasteiger partial charge in [0.1, 0.15) is 29.3 Å². The summed E-state index contributed by atoms with van der Waals surface area (Å²) in [7, 11) is 1.66. The van der Waals surface area contributed by atoms with Crippen molar-refractivity contribution < 1.29 is 62.0 Å². The fourth-order valence-corrected chi connectivity index (χ4v) is 12.1. The van der Waals surface area contributed by atoms with E-state index in [1.165, 1.54) is 0 Å². The molecule has 1 fully saturated rings. The van der Waals surface area contributed by atoms with Crippen LogP contribution in [-0.2, 0) is 73.9 Å². The van der Waals surface area contributed by atoms with Gasteiger partial charge in [-0.05, 0) is 72.2 Å². The number of nitrogens with one attached hydrogen (secondary N) is 7. The number of para-hydroxylation sites is 1. The van der Waals surface area contributed by atoms with Crippen LogP contribution in [0.25, 0.3) is 33.5 Å². The van der Waals surface area contributed by atoms with E-state index in [-0.39, 0.29) is 120 Å². The third-order valence-corrected chi connectivity index (χ3v) is 17.5. The molecular formula is C73H96N16O13. The van der Waals surface area contributed by atoms with Gasteiger partial charge in [0.05, 0.1) is 96.3 Å². The Kier molecular flexibility index (Phi) is 29.3. The van der Waals surface area contributed by atoms with Crippen LogP contribution in [-0.4, -0.2) is 181 Å². The molecular weight excluding hydrogens is 1310 g/mol. The maximum Gasteiger partial charge on any atom is 0.407 e. The summed E-state index contributed by atoms with van der Waals surface area (Å²) in [6.45, 7) is 11.9. The molecule has 5 heterocycles. The molecule has 29 nitrogen and oxygen atoms in total. The zero-order valence-corrected chi connectivity index (χ0v) is 58.6. The molecule has 2 aliphatic rings. The molecule has 7 aromatic rings. The van der Waals surface area contributed by atoms with Crippen LogP contribution in [0.3, 0.4) is 0 Å². The highest BCUT2D eigenvalue weighted by Crippen LogP contribution is 2.40. The summed E-state index contributed by atoms with van der Waals surface area (Å²) < 4.78 is 35.9. The number of hydrogen-bond acceptors (Lipinski definition) is 20. The van der Waals surface area contributed by atoms with Gasteiger partial charge in [-0.25, -0.2) is 14.6 Å². The molecule has 546 valence electrons. The third kappa shape index (κ3) is 22.7. The normalized spacial score (nSPS) is 13.3. The number of Topliss-reactive ketones (excluding diaryl/α,β-unsaturated/α-hetero) is 1. The van der Waals surface area contributed by atoms with Gasteiger partial charge in [-0.1, -0.05) is 100 Å². The van der Waals surface area contributed by atoms with Crippen LogP contribution in [0.4, 0.5) is 32.7 Å². The van der Waals surface area contributed by atoms with E-state index in [4.69, 9.17) is 39.9 Å². The fourth-order valence-electron chi connectivity index (χ4n) is 12.1. The van der Waals surface area contributed by atoms with E-state index in [9.17, 15) is 33.6 Å². The number of ether oxygens (including phenoxy) is 6. The van der Waals surface area contributed by atoms with Crippen LogP contribution >= 0.6 is 0 Å². The number of hydrogen-bond donors (Lipinski definition) is 9. The maximum absolute atomic E-state index is 13.9. The van der Waals surface area contributed by atoms with Gasteiger partial charge in [0.15, 0.2) is 11.6 Å². The van der Waals surface area contributed by atoms with Gasteiger partial charge in [0.2, 0.25) is 29.6 Å². The minimum atomic E-state index is -0.877. The number of methoxy groups -OCH3 is 1. The van der Waals surface area contributed by atoms with Crippen molar-refractivity contribution in [3.05, 3.63) is 126 Å². The highest BCUT2D eigenvalue weighted by Gasteiger charge is 2.32. The molecule has 9 rings (SSSR count). The Hall–Kier alpha value is -10.1. The number of likely N-dealkylation sites (tertiary alicyclic amines) is 1. The summed E-state index contributed by atoms with van der Waals surface area (Å²) >= 11 is 0. The molecule has 0 bridgehead atoms. The Bertz CT molecular complexity index is 3920. The summed E-state index contributed by atoms with van der Waals surface area (Å²) in [5.41, 5.74) is 20.8. The smallest absolute Gasteiger partial charge is 0.407 e. The molecule has 0 saturated carbocycles. The van der Waals surface area contributed by atoms with Gasteiger partial charge < -0.3 is 81.3 Å². The van der Waals surface area contributed by atoms with Crippen LogP contribution in [0.5, 0.6) is 5.75 Å². The minimum Gasteiger partial charge on any atom is -0.496 e. The van der Waals surface area contributed by atoms with Crippen LogP contribution in [0.2, 0.25) is 0 Å². The molecule has 4 aromatic carbocycles. The lowest BCUT2D eigenvalue weighted by Gasteiger charge is -2.39. The van der Waals surface area contributed by atoms with Crippen LogP contribution < -0.4 is 53.0 Å². The number of unbranched alkanes of at least 4 members (excludes halogenated alkanes) is 2. The Labute approximate surface area is 593 Å². The number of fused-ring (bicyclic) bond motifs is 6. The fraction of sp³-hybridized carbons (Fsp3) is 0.466. The number of alkyl carbamates (subject to hydrolysis) is 1. The number of rotatable bonds is 42. The summed E-state index contributed by atoms with van der Waals surface area (Å²) in [6.07, 6.45) is 5.15. The highest BCUT2D eigenvalue weighted by atomic mass is 16.6. The average molecular weight is 1410 g/mol. The molecule has 0 spiro atoms. The number of urea groups is 1. The van der Waals surface area contributed by atoms with E-state index < -0.39 is 30.0 Å². The molecule has 0 radical (unpaired) electrons. The molecule has 29 heteroatoms. The lowest BCUT2D eigenvalue weighted by Crippen LogP contribution is -2.58. The van der Waals surface area contributed by atoms with Crippen LogP contribution in [0, 0.1) is 11.8 Å². The van der Waals surface area contributed by atoms with Crippen molar-refractivity contribution in [2.45, 2.75) is 117 Å². The molecule has 0 unspecified atom stereocenters. The predicted octanol–water partition coefficient (Wildman–Crippen LogP) is 7.24. The molecule has 2 atom stereocenters. The SMILES string of the molecule is CCCCCNc1nc(N)nc2ccn(Cc3ccc(CN4CC(NC(=O)OCc5ccc(NC(=O)[C@H](CCCNC(N)=O)CC(=O)[C@@H](NC(=O)CCOCCOCCOCCOCCNC(=O)CCC(=O)N6Cc7ccccc7-c7n[nH]nc7-c7ccccc76)C(C)C)cc5)C4)cc3OC)c12. The number of H-pyrrole nitrogens is 1. The Balaban J connectivity index is 0.605. The number of aromatic amines is 1. The average Bonchev–Trinajstić information content (AvgIpc) is 1.48. The van der Waals surface area contributed by atoms with Crippen molar-refractivity contribution >= 4 is 75.7 Å². The van der Waals surface area contributed by atoms with E-state index in [0.717, 1.165) is 76.1 Å². The quantitative estimate of drug-likeness (QED) is 0.0170. The number of carbonyl (C=O) groups excluding carboxylic acids is 7. The molecule has 2 aliphatic heterocycles. The van der Waals surface area contributed by atoms with Gasteiger partial charge in [-0.15, -0.1) is 0 Å². The van der Waals surface area contributed by atoms with Gasteiger partial charge in [-0.3, -0.25) is 28.9 Å². The molecule has 1 saturated heterocycles. The molecule has 7 amide bonds. The number of anilines is 4. The maximum atomic E-state index is 13.9. The van der Waals surface area contributed by atoms with Crippen molar-refractivity contribution in [2.75, 3.05) is 114 Å². The second kappa shape index (κ2) is 39.2. The van der Waals surface area contributed by atoms with Crippen molar-refractivity contribution in [2.24, 2.45) is 17.6 Å². The zero-order valence-electron chi connectivity index (χ0n) is 58.6. The number of ketones is 1. The second-order valence-electron chi connectivity index (χ2n) is 25.5.